The molecule has 2 heterocycles. The van der Waals surface area contributed by atoms with E-state index < -0.39 is 18.6 Å². The summed E-state index contributed by atoms with van der Waals surface area (Å²) in [6, 6.07) is 5.98. The number of halogens is 4. The highest BCUT2D eigenvalue weighted by molar-refractivity contribution is 14.0. The number of likely N-dealkylation sites (N-methyl/N-ethyl adjacent to an activating group) is 1. The van der Waals surface area contributed by atoms with Gasteiger partial charge in [0, 0.05) is 38.9 Å². The van der Waals surface area contributed by atoms with Crippen molar-refractivity contribution >= 4 is 41.7 Å². The molecule has 7 nitrogen and oxygen atoms in total. The lowest BCUT2D eigenvalue weighted by Crippen LogP contribution is -2.49. The fourth-order valence-electron chi connectivity index (χ4n) is 2.93. The van der Waals surface area contributed by atoms with Crippen molar-refractivity contribution in [3.05, 3.63) is 24.4 Å². The van der Waals surface area contributed by atoms with E-state index in [0.717, 1.165) is 38.8 Å². The second kappa shape index (κ2) is 12.0. The first-order valence-electron chi connectivity index (χ1n) is 9.30. The lowest BCUT2D eigenvalue weighted by molar-refractivity contribution is -0.157. The molecular weight excluding hydrogens is 500 g/mol. The summed E-state index contributed by atoms with van der Waals surface area (Å²) in [5, 5.41) is 6.31. The number of carbonyl (C=O) groups is 1. The average Bonchev–Trinajstić information content (AvgIpc) is 2.66. The smallest absolute Gasteiger partial charge is 0.357 e. The third-order valence-electron chi connectivity index (χ3n) is 4.37. The van der Waals surface area contributed by atoms with Crippen LogP contribution < -0.4 is 15.5 Å². The largest absolute Gasteiger partial charge is 0.406 e. The van der Waals surface area contributed by atoms with Crippen LogP contribution in [0.15, 0.2) is 29.4 Å². The topological polar surface area (TPSA) is 72.9 Å². The van der Waals surface area contributed by atoms with Crippen LogP contribution in [-0.4, -0.2) is 73.7 Å². The Balaban J connectivity index is 0.00000420. The van der Waals surface area contributed by atoms with Crippen molar-refractivity contribution in [3.63, 3.8) is 0 Å². The Hall–Kier alpha value is -1.79. The van der Waals surface area contributed by atoms with Gasteiger partial charge in [0.1, 0.15) is 18.9 Å². The van der Waals surface area contributed by atoms with Gasteiger partial charge in [-0.2, -0.15) is 13.2 Å². The summed E-state index contributed by atoms with van der Waals surface area (Å²) >= 11 is 0. The van der Waals surface area contributed by atoms with Gasteiger partial charge in [0.25, 0.3) is 0 Å². The van der Waals surface area contributed by atoms with E-state index in [0.29, 0.717) is 17.4 Å². The van der Waals surface area contributed by atoms with Gasteiger partial charge >= 0.3 is 6.18 Å². The zero-order chi connectivity index (χ0) is 20.6. The van der Waals surface area contributed by atoms with E-state index in [1.807, 2.05) is 25.1 Å². The number of pyridine rings is 1. The lowest BCUT2D eigenvalue weighted by Gasteiger charge is -2.33. The van der Waals surface area contributed by atoms with Crippen molar-refractivity contribution in [2.24, 2.45) is 4.99 Å². The molecule has 11 heteroatoms. The molecular formula is C18H28F3IN6O. The van der Waals surface area contributed by atoms with Gasteiger partial charge in [0.15, 0.2) is 5.96 Å². The maximum absolute atomic E-state index is 12.4. The minimum absolute atomic E-state index is 0. The van der Waals surface area contributed by atoms with Crippen molar-refractivity contribution in [3.8, 4) is 0 Å². The molecule has 1 saturated heterocycles. The van der Waals surface area contributed by atoms with Gasteiger partial charge in [-0.15, -0.1) is 24.0 Å². The molecule has 0 unspecified atom stereocenters. The number of amides is 1. The summed E-state index contributed by atoms with van der Waals surface area (Å²) in [5.41, 5.74) is 0. The standard InChI is InChI=1S/C18H27F3N6O.HI/c1-3-22-17(24-12-16(28)26(2)13-18(19,20)21)25-14-7-10-27(11-8-14)15-6-4-5-9-23-15;/h4-6,9,14H,3,7-8,10-13H2,1-2H3,(H2,22,24,25);1H. The monoisotopic (exact) mass is 528 g/mol. The molecule has 1 aromatic rings. The van der Waals surface area contributed by atoms with Crippen molar-refractivity contribution in [1.29, 1.82) is 0 Å². The normalized spacial score (nSPS) is 15.5. The Labute approximate surface area is 186 Å². The summed E-state index contributed by atoms with van der Waals surface area (Å²) in [5.74, 6) is 0.701. The second-order valence-electron chi connectivity index (χ2n) is 6.65. The van der Waals surface area contributed by atoms with E-state index >= 15 is 0 Å². The van der Waals surface area contributed by atoms with Crippen LogP contribution in [0, 0.1) is 0 Å². The Morgan fingerprint density at radius 1 is 1.34 bits per heavy atom. The number of hydrogen-bond donors (Lipinski definition) is 2. The molecule has 1 fully saturated rings. The molecule has 1 aliphatic heterocycles. The molecule has 0 bridgehead atoms. The molecule has 29 heavy (non-hydrogen) atoms. The minimum Gasteiger partial charge on any atom is -0.357 e. The van der Waals surface area contributed by atoms with Gasteiger partial charge in [-0.05, 0) is 31.9 Å². The molecule has 0 atom stereocenters. The second-order valence-corrected chi connectivity index (χ2v) is 6.65. The Morgan fingerprint density at radius 3 is 2.59 bits per heavy atom. The van der Waals surface area contributed by atoms with Crippen molar-refractivity contribution in [2.75, 3.05) is 44.7 Å². The highest BCUT2D eigenvalue weighted by Gasteiger charge is 2.31. The molecule has 164 valence electrons. The van der Waals surface area contributed by atoms with Crippen LogP contribution in [0.1, 0.15) is 19.8 Å². The zero-order valence-corrected chi connectivity index (χ0v) is 18.9. The Bertz CT molecular complexity index is 651. The van der Waals surface area contributed by atoms with Crippen LogP contribution in [0.2, 0.25) is 0 Å². The van der Waals surface area contributed by atoms with Gasteiger partial charge in [0.2, 0.25) is 5.91 Å². The number of aliphatic imine (C=N–C) groups is 1. The number of carbonyl (C=O) groups excluding carboxylic acids is 1. The summed E-state index contributed by atoms with van der Waals surface area (Å²) in [4.78, 5) is 23.2. The van der Waals surface area contributed by atoms with E-state index in [-0.39, 0.29) is 36.6 Å². The van der Waals surface area contributed by atoms with E-state index in [1.54, 1.807) is 6.20 Å². The van der Waals surface area contributed by atoms with Gasteiger partial charge in [-0.1, -0.05) is 6.07 Å². The van der Waals surface area contributed by atoms with Crippen LogP contribution in [0.3, 0.4) is 0 Å². The number of nitrogens with zero attached hydrogens (tertiary/aromatic N) is 4. The highest BCUT2D eigenvalue weighted by Crippen LogP contribution is 2.17. The fraction of sp³-hybridized carbons (Fsp3) is 0.611. The molecule has 2 rings (SSSR count). The van der Waals surface area contributed by atoms with Crippen LogP contribution in [-0.2, 0) is 4.79 Å². The van der Waals surface area contributed by atoms with E-state index in [2.05, 4.69) is 25.5 Å². The molecule has 0 aliphatic carbocycles. The Kier molecular flexibility index (Phi) is 10.5. The first kappa shape index (κ1) is 25.2. The highest BCUT2D eigenvalue weighted by atomic mass is 127. The quantitative estimate of drug-likeness (QED) is 0.337. The molecule has 1 aliphatic rings. The maximum atomic E-state index is 12.4. The predicted molar refractivity (Wildman–Crippen MR) is 118 cm³/mol. The van der Waals surface area contributed by atoms with Crippen LogP contribution in [0.4, 0.5) is 19.0 Å². The molecule has 2 N–H and O–H groups in total. The maximum Gasteiger partial charge on any atom is 0.406 e. The fourth-order valence-corrected chi connectivity index (χ4v) is 2.93. The van der Waals surface area contributed by atoms with Crippen molar-refractivity contribution < 1.29 is 18.0 Å². The first-order chi connectivity index (χ1) is 13.3. The van der Waals surface area contributed by atoms with Gasteiger partial charge in [-0.3, -0.25) is 4.79 Å². The molecule has 1 aromatic heterocycles. The first-order valence-corrected chi connectivity index (χ1v) is 9.30. The summed E-state index contributed by atoms with van der Waals surface area (Å²) < 4.78 is 37.2. The lowest BCUT2D eigenvalue weighted by atomic mass is 10.1. The number of nitrogens with one attached hydrogen (secondary N) is 2. The van der Waals surface area contributed by atoms with Crippen LogP contribution >= 0.6 is 24.0 Å². The van der Waals surface area contributed by atoms with Gasteiger partial charge in [-0.25, -0.2) is 9.98 Å². The van der Waals surface area contributed by atoms with E-state index in [1.165, 1.54) is 0 Å². The van der Waals surface area contributed by atoms with Crippen molar-refractivity contribution in [2.45, 2.75) is 32.0 Å². The molecule has 0 spiro atoms. The molecule has 0 saturated carbocycles. The molecule has 1 amide bonds. The number of hydrogen-bond acceptors (Lipinski definition) is 4. The summed E-state index contributed by atoms with van der Waals surface area (Å²) in [6.07, 6.45) is -0.924. The van der Waals surface area contributed by atoms with Gasteiger partial charge < -0.3 is 20.4 Å². The third-order valence-corrected chi connectivity index (χ3v) is 4.37. The number of guanidine groups is 1. The average molecular weight is 528 g/mol. The van der Waals surface area contributed by atoms with Crippen LogP contribution in [0.5, 0.6) is 0 Å². The molecule has 0 aromatic carbocycles. The van der Waals surface area contributed by atoms with Crippen LogP contribution in [0.25, 0.3) is 0 Å². The summed E-state index contributed by atoms with van der Waals surface area (Å²) in [7, 11) is 1.12. The number of rotatable bonds is 6. The SMILES string of the molecule is CCNC(=NCC(=O)N(C)CC(F)(F)F)NC1CCN(c2ccccn2)CC1.I. The Morgan fingerprint density at radius 2 is 2.03 bits per heavy atom. The summed E-state index contributed by atoms with van der Waals surface area (Å²) in [6.45, 7) is 2.53. The van der Waals surface area contributed by atoms with Crippen molar-refractivity contribution in [1.82, 2.24) is 20.5 Å². The predicted octanol–water partition coefficient (Wildman–Crippen LogP) is 2.24. The number of aromatic nitrogens is 1. The third kappa shape index (κ3) is 9.05. The number of alkyl halides is 3. The van der Waals surface area contributed by atoms with Gasteiger partial charge in [0.05, 0.1) is 0 Å². The van der Waals surface area contributed by atoms with E-state index in [9.17, 15) is 18.0 Å². The number of piperidine rings is 1. The molecule has 0 radical (unpaired) electrons. The zero-order valence-electron chi connectivity index (χ0n) is 16.6. The number of anilines is 1. The minimum atomic E-state index is -4.42. The van der Waals surface area contributed by atoms with E-state index in [4.69, 9.17) is 0 Å².